The minimum Gasteiger partial charge on any atom is -0.356 e. The highest BCUT2D eigenvalue weighted by Crippen LogP contribution is 2.15. The first-order chi connectivity index (χ1) is 10.8. The number of hydrogen-bond donors (Lipinski definition) is 2. The van der Waals surface area contributed by atoms with Gasteiger partial charge in [-0.25, -0.2) is 4.98 Å². The zero-order valence-corrected chi connectivity index (χ0v) is 17.3. The van der Waals surface area contributed by atoms with E-state index in [9.17, 15) is 13.2 Å². The summed E-state index contributed by atoms with van der Waals surface area (Å²) in [6.07, 6.45) is -0.870. The van der Waals surface area contributed by atoms with Gasteiger partial charge in [-0.05, 0) is 26.9 Å². The van der Waals surface area contributed by atoms with Crippen LogP contribution in [0.5, 0.6) is 0 Å². The average Bonchev–Trinajstić information content (AvgIpc) is 2.85. The van der Waals surface area contributed by atoms with Gasteiger partial charge < -0.3 is 10.6 Å². The first-order valence-corrected chi connectivity index (χ1v) is 8.23. The average molecular weight is 479 g/mol. The lowest BCUT2D eigenvalue weighted by Gasteiger charge is -2.18. The maximum absolute atomic E-state index is 12.2. The second-order valence-electron chi connectivity index (χ2n) is 5.25. The summed E-state index contributed by atoms with van der Waals surface area (Å²) in [4.78, 5) is 10.8. The maximum atomic E-state index is 12.2. The summed E-state index contributed by atoms with van der Waals surface area (Å²) >= 11 is 1.67. The number of alkyl halides is 3. The van der Waals surface area contributed by atoms with Gasteiger partial charge >= 0.3 is 6.18 Å². The Morgan fingerprint density at radius 2 is 2.00 bits per heavy atom. The lowest BCUT2D eigenvalue weighted by Crippen LogP contribution is -2.40. The molecule has 24 heavy (non-hydrogen) atoms. The molecule has 5 nitrogen and oxygen atoms in total. The van der Waals surface area contributed by atoms with E-state index in [-0.39, 0.29) is 24.0 Å². The van der Waals surface area contributed by atoms with Gasteiger partial charge in [0.1, 0.15) is 0 Å². The summed E-state index contributed by atoms with van der Waals surface area (Å²) in [6.45, 7) is 2.79. The molecule has 0 aliphatic rings. The fourth-order valence-corrected chi connectivity index (χ4v) is 2.75. The minimum absolute atomic E-state index is 0. The molecule has 1 aromatic heterocycles. The lowest BCUT2D eigenvalue weighted by molar-refractivity contribution is -0.143. The highest BCUT2D eigenvalue weighted by atomic mass is 127. The van der Waals surface area contributed by atoms with Gasteiger partial charge in [0.15, 0.2) is 5.96 Å². The predicted octanol–water partition coefficient (Wildman–Crippen LogP) is 2.66. The number of aromatic nitrogens is 1. The maximum Gasteiger partial charge on any atom is 0.401 e. The van der Waals surface area contributed by atoms with E-state index in [0.29, 0.717) is 32.0 Å². The molecule has 1 aromatic rings. The molecule has 0 saturated carbocycles. The summed E-state index contributed by atoms with van der Waals surface area (Å²) in [5.74, 6) is 0.650. The third-order valence-electron chi connectivity index (χ3n) is 2.98. The summed E-state index contributed by atoms with van der Waals surface area (Å²) in [5.41, 5.74) is 0. The van der Waals surface area contributed by atoms with E-state index in [1.807, 2.05) is 13.1 Å². The summed E-state index contributed by atoms with van der Waals surface area (Å²) in [5, 5.41) is 7.33. The van der Waals surface area contributed by atoms with Gasteiger partial charge in [0, 0.05) is 37.6 Å². The third-order valence-corrected chi connectivity index (χ3v) is 3.95. The van der Waals surface area contributed by atoms with Gasteiger partial charge in [0.25, 0.3) is 0 Å². The van der Waals surface area contributed by atoms with Crippen LogP contribution in [0.4, 0.5) is 13.2 Å². The molecule has 0 amide bonds. The molecule has 10 heteroatoms. The van der Waals surface area contributed by atoms with Crippen LogP contribution in [0.1, 0.15) is 16.3 Å². The number of nitrogens with zero attached hydrogens (tertiary/aromatic N) is 3. The van der Waals surface area contributed by atoms with Crippen molar-refractivity contribution in [3.8, 4) is 0 Å². The van der Waals surface area contributed by atoms with E-state index in [2.05, 4.69) is 20.6 Å². The van der Waals surface area contributed by atoms with Crippen LogP contribution in [0.25, 0.3) is 0 Å². The molecule has 0 spiro atoms. The Morgan fingerprint density at radius 3 is 2.54 bits per heavy atom. The Kier molecular flexibility index (Phi) is 11.5. The number of halogens is 4. The normalized spacial score (nSPS) is 12.2. The molecule has 0 atom stereocenters. The smallest absolute Gasteiger partial charge is 0.356 e. The van der Waals surface area contributed by atoms with Crippen LogP contribution in [0.3, 0.4) is 0 Å². The zero-order chi connectivity index (χ0) is 17.3. The highest BCUT2D eigenvalue weighted by molar-refractivity contribution is 14.0. The quantitative estimate of drug-likeness (QED) is 0.261. The van der Waals surface area contributed by atoms with Crippen molar-refractivity contribution < 1.29 is 13.2 Å². The molecule has 2 N–H and O–H groups in total. The van der Waals surface area contributed by atoms with E-state index in [0.717, 1.165) is 11.4 Å². The largest absolute Gasteiger partial charge is 0.401 e. The number of thiazole rings is 1. The monoisotopic (exact) mass is 479 g/mol. The number of hydrogen-bond acceptors (Lipinski definition) is 4. The predicted molar refractivity (Wildman–Crippen MR) is 104 cm³/mol. The van der Waals surface area contributed by atoms with Crippen molar-refractivity contribution in [1.82, 2.24) is 20.5 Å². The minimum atomic E-state index is -4.14. The second-order valence-corrected chi connectivity index (χ2v) is 6.57. The van der Waals surface area contributed by atoms with Crippen molar-refractivity contribution in [2.24, 2.45) is 4.99 Å². The van der Waals surface area contributed by atoms with Crippen molar-refractivity contribution in [3.63, 3.8) is 0 Å². The van der Waals surface area contributed by atoms with Gasteiger partial charge in [0.05, 0.1) is 11.6 Å². The first kappa shape index (κ1) is 23.4. The molecule has 1 heterocycles. The van der Waals surface area contributed by atoms with Crippen molar-refractivity contribution in [2.75, 3.05) is 40.3 Å². The molecule has 0 fully saturated rings. The summed E-state index contributed by atoms with van der Waals surface area (Å²) in [7, 11) is 3.13. The number of aliphatic imine (C=N–C) groups is 1. The van der Waals surface area contributed by atoms with Gasteiger partial charge in [-0.1, -0.05) is 0 Å². The number of nitrogens with one attached hydrogen (secondary N) is 2. The number of guanidine groups is 1. The molecule has 0 aromatic carbocycles. The Balaban J connectivity index is 0.00000529. The van der Waals surface area contributed by atoms with Crippen molar-refractivity contribution in [1.29, 1.82) is 0 Å². The molecule has 140 valence electrons. The molecular formula is C14H25F3IN5S. The molecule has 0 bridgehead atoms. The molecule has 0 aliphatic carbocycles. The Morgan fingerprint density at radius 1 is 1.33 bits per heavy atom. The second kappa shape index (κ2) is 11.9. The van der Waals surface area contributed by atoms with E-state index in [4.69, 9.17) is 0 Å². The SMILES string of the molecule is CN=C(NCCCN(C)CC(F)(F)F)NCCc1ncc(C)s1.I. The molecule has 0 aliphatic heterocycles. The van der Waals surface area contributed by atoms with E-state index < -0.39 is 12.7 Å². The standard InChI is InChI=1S/C14H24F3N5S.HI/c1-11-9-21-12(23-11)5-7-20-13(18-2)19-6-4-8-22(3)10-14(15,16)17;/h9H,4-8,10H2,1-3H3,(H2,18,19,20);1H. The van der Waals surface area contributed by atoms with E-state index >= 15 is 0 Å². The first-order valence-electron chi connectivity index (χ1n) is 7.41. The molecule has 0 unspecified atom stereocenters. The fraction of sp³-hybridized carbons (Fsp3) is 0.714. The molecule has 0 radical (unpaired) electrons. The van der Waals surface area contributed by atoms with Crippen molar-refractivity contribution in [3.05, 3.63) is 16.1 Å². The Labute approximate surface area is 162 Å². The third kappa shape index (κ3) is 11.0. The number of rotatable bonds is 8. The molecular weight excluding hydrogens is 454 g/mol. The Hall–Kier alpha value is -0.620. The Bertz CT molecular complexity index is 493. The summed E-state index contributed by atoms with van der Waals surface area (Å²) < 4.78 is 36.6. The fourth-order valence-electron chi connectivity index (χ4n) is 1.97. The van der Waals surface area contributed by atoms with Gasteiger partial charge in [0.2, 0.25) is 0 Å². The lowest BCUT2D eigenvalue weighted by atomic mass is 10.4. The van der Waals surface area contributed by atoms with Gasteiger partial charge in [-0.3, -0.25) is 9.89 Å². The molecule has 1 rings (SSSR count). The van der Waals surface area contributed by atoms with Crippen LogP contribution in [-0.2, 0) is 6.42 Å². The van der Waals surface area contributed by atoms with Gasteiger partial charge in [-0.15, -0.1) is 35.3 Å². The molecule has 0 saturated heterocycles. The van der Waals surface area contributed by atoms with Gasteiger partial charge in [-0.2, -0.15) is 13.2 Å². The van der Waals surface area contributed by atoms with Crippen LogP contribution in [0, 0.1) is 6.92 Å². The van der Waals surface area contributed by atoms with Crippen molar-refractivity contribution >= 4 is 41.3 Å². The van der Waals surface area contributed by atoms with Crippen LogP contribution in [0.15, 0.2) is 11.2 Å². The van der Waals surface area contributed by atoms with Crippen molar-refractivity contribution in [2.45, 2.75) is 25.9 Å². The highest BCUT2D eigenvalue weighted by Gasteiger charge is 2.28. The summed E-state index contributed by atoms with van der Waals surface area (Å²) in [6, 6.07) is 0. The zero-order valence-electron chi connectivity index (χ0n) is 14.1. The van der Waals surface area contributed by atoms with E-state index in [1.54, 1.807) is 18.4 Å². The number of aryl methyl sites for hydroxylation is 1. The van der Waals surface area contributed by atoms with Crippen LogP contribution >= 0.6 is 35.3 Å². The van der Waals surface area contributed by atoms with Crippen LogP contribution < -0.4 is 10.6 Å². The topological polar surface area (TPSA) is 52.6 Å². The van der Waals surface area contributed by atoms with E-state index in [1.165, 1.54) is 16.8 Å². The van der Waals surface area contributed by atoms with Crippen LogP contribution in [-0.4, -0.2) is 62.3 Å². The van der Waals surface area contributed by atoms with Crippen LogP contribution in [0.2, 0.25) is 0 Å².